The largest absolute Gasteiger partial charge is 0.490 e. The molecule has 34 heavy (non-hydrogen) atoms. The first-order chi connectivity index (χ1) is 15.6. The van der Waals surface area contributed by atoms with Gasteiger partial charge in [0.2, 0.25) is 5.91 Å². The van der Waals surface area contributed by atoms with Gasteiger partial charge in [-0.05, 0) is 52.7 Å². The fourth-order valence-electron chi connectivity index (χ4n) is 3.83. The number of piperidine rings is 1. The highest BCUT2D eigenvalue weighted by atomic mass is 79.9. The van der Waals surface area contributed by atoms with E-state index in [2.05, 4.69) is 57.7 Å². The van der Waals surface area contributed by atoms with Crippen molar-refractivity contribution < 1.29 is 27.9 Å². The molecule has 1 aliphatic carbocycles. The Morgan fingerprint density at radius 3 is 2.47 bits per heavy atom. The lowest BCUT2D eigenvalue weighted by atomic mass is 9.93. The number of carbonyl (C=O) groups is 2. The maximum absolute atomic E-state index is 12.7. The van der Waals surface area contributed by atoms with Gasteiger partial charge in [0, 0.05) is 23.3 Å². The first-order valence-electron chi connectivity index (χ1n) is 10.6. The van der Waals surface area contributed by atoms with Crippen LogP contribution >= 0.6 is 27.3 Å². The zero-order valence-corrected chi connectivity index (χ0v) is 21.5. The number of nitrogens with one attached hydrogen (secondary N) is 2. The van der Waals surface area contributed by atoms with E-state index in [-0.39, 0.29) is 22.8 Å². The Bertz CT molecular complexity index is 1090. The summed E-state index contributed by atoms with van der Waals surface area (Å²) in [5.41, 5.74) is 2.39. The molecule has 1 saturated carbocycles. The van der Waals surface area contributed by atoms with Crippen molar-refractivity contribution in [3.05, 3.63) is 38.4 Å². The van der Waals surface area contributed by atoms with Crippen LogP contribution in [0.15, 0.2) is 22.1 Å². The van der Waals surface area contributed by atoms with Crippen molar-refractivity contribution >= 4 is 45.0 Å². The molecule has 3 heterocycles. The van der Waals surface area contributed by atoms with Gasteiger partial charge in [-0.3, -0.25) is 4.79 Å². The molecule has 7 nitrogen and oxygen atoms in total. The van der Waals surface area contributed by atoms with E-state index >= 15 is 0 Å². The number of fused-ring (bicyclic) bond motifs is 1. The number of carboxylic acids is 1. The number of anilines is 1. The summed E-state index contributed by atoms with van der Waals surface area (Å²) in [5, 5.41) is 17.0. The number of aromatic nitrogens is 2. The number of hydrogen-bond donors (Lipinski definition) is 3. The Morgan fingerprint density at radius 2 is 1.91 bits per heavy atom. The van der Waals surface area contributed by atoms with Gasteiger partial charge in [0.15, 0.2) is 0 Å². The zero-order valence-electron chi connectivity index (χ0n) is 19.1. The molecule has 4 rings (SSSR count). The van der Waals surface area contributed by atoms with E-state index in [4.69, 9.17) is 14.9 Å². The molecular weight excluding hydrogens is 537 g/mol. The number of alkyl halides is 3. The Hall–Kier alpha value is -2.05. The molecule has 0 bridgehead atoms. The minimum Gasteiger partial charge on any atom is -0.475 e. The van der Waals surface area contributed by atoms with Gasteiger partial charge >= 0.3 is 12.1 Å². The second-order valence-electron chi connectivity index (χ2n) is 9.69. The van der Waals surface area contributed by atoms with Crippen molar-refractivity contribution in [2.75, 3.05) is 5.32 Å². The van der Waals surface area contributed by atoms with Crippen molar-refractivity contribution in [2.45, 2.75) is 70.6 Å². The van der Waals surface area contributed by atoms with Crippen molar-refractivity contribution in [1.29, 1.82) is 0 Å². The van der Waals surface area contributed by atoms with Crippen molar-refractivity contribution in [2.24, 2.45) is 5.41 Å². The van der Waals surface area contributed by atoms with Crippen LogP contribution in [-0.4, -0.2) is 45.2 Å². The summed E-state index contributed by atoms with van der Waals surface area (Å²) in [6, 6.07) is 4.09. The topological polar surface area (TPSA) is 104 Å². The highest BCUT2D eigenvalue weighted by Crippen LogP contribution is 2.57. The van der Waals surface area contributed by atoms with Crippen LogP contribution in [0, 0.1) is 12.3 Å². The molecule has 2 aromatic heterocycles. The highest BCUT2D eigenvalue weighted by Gasteiger charge is 2.61. The molecule has 0 aromatic carbocycles. The maximum Gasteiger partial charge on any atom is 0.490 e. The predicted molar refractivity (Wildman–Crippen MR) is 126 cm³/mol. The normalized spacial score (nSPS) is 23.5. The summed E-state index contributed by atoms with van der Waals surface area (Å²) >= 11 is 5.11. The quantitative estimate of drug-likeness (QED) is 0.460. The number of halogens is 4. The second kappa shape index (κ2) is 9.54. The van der Waals surface area contributed by atoms with Crippen LogP contribution in [0.3, 0.4) is 0 Å². The number of carbonyl (C=O) groups excluding carboxylic acids is 1. The number of aryl methyl sites for hydroxylation is 1. The Balaban J connectivity index is 0.000000406. The number of pyridine rings is 1. The average molecular weight is 563 g/mol. The third-order valence-electron chi connectivity index (χ3n) is 5.89. The van der Waals surface area contributed by atoms with Crippen LogP contribution in [0.1, 0.15) is 49.9 Å². The van der Waals surface area contributed by atoms with Crippen LogP contribution in [0.25, 0.3) is 0 Å². The second-order valence-corrected chi connectivity index (χ2v) is 11.4. The van der Waals surface area contributed by atoms with E-state index in [0.29, 0.717) is 11.9 Å². The van der Waals surface area contributed by atoms with Gasteiger partial charge in [0.05, 0.1) is 16.7 Å². The number of thiazole rings is 1. The number of aliphatic carboxylic acids is 1. The predicted octanol–water partition coefficient (Wildman–Crippen LogP) is 4.84. The molecule has 12 heteroatoms. The van der Waals surface area contributed by atoms with Crippen LogP contribution in [0.5, 0.6) is 0 Å². The van der Waals surface area contributed by atoms with Crippen LogP contribution < -0.4 is 10.6 Å². The lowest BCUT2D eigenvalue weighted by molar-refractivity contribution is -0.192. The van der Waals surface area contributed by atoms with Crippen LogP contribution in [0.2, 0.25) is 0 Å². The zero-order chi connectivity index (χ0) is 25.5. The van der Waals surface area contributed by atoms with Crippen molar-refractivity contribution in [3.8, 4) is 0 Å². The number of carboxylic acid groups (broad SMARTS) is 1. The molecule has 1 amide bonds. The van der Waals surface area contributed by atoms with E-state index in [1.807, 2.05) is 19.1 Å². The van der Waals surface area contributed by atoms with E-state index < -0.39 is 12.1 Å². The molecule has 2 fully saturated rings. The van der Waals surface area contributed by atoms with Gasteiger partial charge in [-0.1, -0.05) is 26.8 Å². The summed E-state index contributed by atoms with van der Waals surface area (Å²) in [4.78, 5) is 30.9. The molecule has 0 unspecified atom stereocenters. The van der Waals surface area contributed by atoms with E-state index in [9.17, 15) is 18.0 Å². The molecule has 2 aliphatic rings. The minimum atomic E-state index is -5.08. The first kappa shape index (κ1) is 26.6. The van der Waals surface area contributed by atoms with E-state index in [1.54, 1.807) is 11.3 Å². The maximum atomic E-state index is 12.7. The molecule has 3 N–H and O–H groups in total. The monoisotopic (exact) mass is 562 g/mol. The first-order valence-corrected chi connectivity index (χ1v) is 12.2. The van der Waals surface area contributed by atoms with Crippen LogP contribution in [0.4, 0.5) is 19.0 Å². The Kier molecular flexibility index (Phi) is 7.45. The van der Waals surface area contributed by atoms with Gasteiger partial charge in [-0.25, -0.2) is 14.8 Å². The summed E-state index contributed by atoms with van der Waals surface area (Å²) < 4.78 is 32.5. The fourth-order valence-corrected chi connectivity index (χ4v) is 5.31. The van der Waals surface area contributed by atoms with Crippen molar-refractivity contribution in [1.82, 2.24) is 15.3 Å². The lowest BCUT2D eigenvalue weighted by Gasteiger charge is -2.16. The smallest absolute Gasteiger partial charge is 0.475 e. The van der Waals surface area contributed by atoms with Crippen LogP contribution in [-0.2, 0) is 21.4 Å². The Labute approximate surface area is 207 Å². The van der Waals surface area contributed by atoms with E-state index in [0.717, 1.165) is 35.1 Å². The van der Waals surface area contributed by atoms with Gasteiger partial charge < -0.3 is 15.7 Å². The number of rotatable bonds is 4. The molecule has 1 saturated heterocycles. The molecular formula is C22H26BrF3N4O3S. The molecule has 186 valence electrons. The third kappa shape index (κ3) is 6.33. The summed E-state index contributed by atoms with van der Waals surface area (Å²) in [5.74, 6) is -2.13. The lowest BCUT2D eigenvalue weighted by Crippen LogP contribution is -2.38. The van der Waals surface area contributed by atoms with Gasteiger partial charge in [-0.2, -0.15) is 13.2 Å². The molecule has 2 aromatic rings. The molecule has 3 atom stereocenters. The summed E-state index contributed by atoms with van der Waals surface area (Å²) in [7, 11) is 0. The molecule has 0 radical (unpaired) electrons. The summed E-state index contributed by atoms with van der Waals surface area (Å²) in [6.45, 7) is 8.53. The highest BCUT2D eigenvalue weighted by molar-refractivity contribution is 9.10. The standard InChI is InChI=1S/C20H25BrN4OS.C2HF3O2/c1-11-5-6-15(21)24-17(11)25-18(26)12-7-20(8-13(20)22-12)9-16-23-14(10-27-16)19(2,3)4;3-2(4,5)1(6)7/h5-6,10,12-13,22H,7-9H2,1-4H3,(H,24,25,26);(H,6,7)/t12-,13+,20-;/m0./s1. The average Bonchev–Trinajstić information content (AvgIpc) is 3.03. The van der Waals surface area contributed by atoms with Gasteiger partial charge in [-0.15, -0.1) is 11.3 Å². The Morgan fingerprint density at radius 1 is 1.26 bits per heavy atom. The molecule has 0 spiro atoms. The van der Waals surface area contributed by atoms with Crippen molar-refractivity contribution in [3.63, 3.8) is 0 Å². The number of nitrogens with zero attached hydrogens (tertiary/aromatic N) is 2. The molecule has 1 aliphatic heterocycles. The SMILES string of the molecule is Cc1ccc(Br)nc1NC(=O)[C@@H]1C[C@@]2(Cc3nc(C(C)(C)C)cs3)C[C@H]2N1.O=C(O)C(F)(F)F. The summed E-state index contributed by atoms with van der Waals surface area (Å²) in [6.07, 6.45) is -2.13. The number of amides is 1. The number of hydrogen-bond acceptors (Lipinski definition) is 6. The van der Waals surface area contributed by atoms with Gasteiger partial charge in [0.25, 0.3) is 0 Å². The minimum absolute atomic E-state index is 0.00444. The van der Waals surface area contributed by atoms with E-state index in [1.165, 1.54) is 5.01 Å². The third-order valence-corrected chi connectivity index (χ3v) is 7.18. The van der Waals surface area contributed by atoms with Gasteiger partial charge in [0.1, 0.15) is 10.4 Å². The fraction of sp³-hybridized carbons (Fsp3) is 0.545.